The third kappa shape index (κ3) is 2.98. The van der Waals surface area contributed by atoms with Crippen molar-refractivity contribution in [1.82, 2.24) is 9.88 Å². The molecule has 2 heterocycles. The molecule has 0 saturated carbocycles. The highest BCUT2D eigenvalue weighted by molar-refractivity contribution is 6.39. The first kappa shape index (κ1) is 14.5. The lowest BCUT2D eigenvalue weighted by atomic mass is 9.97. The zero-order valence-electron chi connectivity index (χ0n) is 12.2. The largest absolute Gasteiger partial charge is 0.329 e. The molecule has 2 atom stereocenters. The predicted octanol–water partition coefficient (Wildman–Crippen LogP) is 2.12. The summed E-state index contributed by atoms with van der Waals surface area (Å²) < 4.78 is 0. The van der Waals surface area contributed by atoms with Crippen LogP contribution in [-0.4, -0.2) is 33.8 Å². The highest BCUT2D eigenvalue weighted by atomic mass is 16.2. The summed E-state index contributed by atoms with van der Waals surface area (Å²) in [5.41, 5.74) is 0.841. The van der Waals surface area contributed by atoms with Crippen molar-refractivity contribution in [3.05, 3.63) is 23.9 Å². The summed E-state index contributed by atoms with van der Waals surface area (Å²) in [6.45, 7) is 5.83. The zero-order valence-corrected chi connectivity index (χ0v) is 12.2. The minimum atomic E-state index is -0.604. The van der Waals surface area contributed by atoms with E-state index in [4.69, 9.17) is 0 Å². The molecule has 20 heavy (non-hydrogen) atoms. The van der Waals surface area contributed by atoms with Gasteiger partial charge in [0.2, 0.25) is 0 Å². The van der Waals surface area contributed by atoms with Crippen molar-refractivity contribution in [1.29, 1.82) is 0 Å². The summed E-state index contributed by atoms with van der Waals surface area (Å²) in [5, 5.41) is 2.61. The van der Waals surface area contributed by atoms with Crippen LogP contribution in [0.1, 0.15) is 38.7 Å². The van der Waals surface area contributed by atoms with Crippen LogP contribution in [0.3, 0.4) is 0 Å². The molecule has 1 aliphatic heterocycles. The number of rotatable bonds is 1. The molecule has 0 aliphatic carbocycles. The van der Waals surface area contributed by atoms with Crippen LogP contribution in [0, 0.1) is 6.92 Å². The Labute approximate surface area is 119 Å². The normalized spacial score (nSPS) is 22.4. The molecule has 0 spiro atoms. The molecule has 1 saturated heterocycles. The number of aromatic nitrogens is 1. The maximum absolute atomic E-state index is 12.3. The zero-order chi connectivity index (χ0) is 14.7. The van der Waals surface area contributed by atoms with Crippen LogP contribution >= 0.6 is 0 Å². The molecule has 1 aliphatic rings. The topological polar surface area (TPSA) is 62.3 Å². The third-order valence-corrected chi connectivity index (χ3v) is 3.86. The van der Waals surface area contributed by atoms with Gasteiger partial charge in [-0.05, 0) is 51.7 Å². The maximum Gasteiger partial charge on any atom is 0.315 e. The average molecular weight is 275 g/mol. The molecule has 1 fully saturated rings. The monoisotopic (exact) mass is 275 g/mol. The summed E-state index contributed by atoms with van der Waals surface area (Å²) in [6, 6.07) is 3.87. The van der Waals surface area contributed by atoms with Gasteiger partial charge in [-0.1, -0.05) is 6.07 Å². The summed E-state index contributed by atoms with van der Waals surface area (Å²) in [6.07, 6.45) is 4.60. The average Bonchev–Trinajstić information content (AvgIpc) is 2.41. The van der Waals surface area contributed by atoms with Crippen molar-refractivity contribution in [3.8, 4) is 0 Å². The number of amides is 2. The van der Waals surface area contributed by atoms with Gasteiger partial charge in [-0.3, -0.25) is 9.59 Å². The quantitative estimate of drug-likeness (QED) is 0.798. The minimum absolute atomic E-state index is 0.113. The molecule has 5 nitrogen and oxygen atoms in total. The van der Waals surface area contributed by atoms with Gasteiger partial charge in [0.1, 0.15) is 5.82 Å². The Morgan fingerprint density at radius 3 is 2.55 bits per heavy atom. The summed E-state index contributed by atoms with van der Waals surface area (Å²) in [4.78, 5) is 30.2. The Balaban J connectivity index is 2.09. The molecular weight excluding hydrogens is 254 g/mol. The fourth-order valence-corrected chi connectivity index (χ4v) is 2.72. The number of piperidine rings is 1. The van der Waals surface area contributed by atoms with Crippen molar-refractivity contribution in [2.75, 3.05) is 5.32 Å². The molecule has 2 unspecified atom stereocenters. The first-order chi connectivity index (χ1) is 9.50. The van der Waals surface area contributed by atoms with Crippen molar-refractivity contribution >= 4 is 17.6 Å². The van der Waals surface area contributed by atoms with E-state index in [0.29, 0.717) is 5.82 Å². The first-order valence-corrected chi connectivity index (χ1v) is 7.06. The Bertz CT molecular complexity index is 506. The number of nitrogens with one attached hydrogen (secondary N) is 1. The van der Waals surface area contributed by atoms with Crippen LogP contribution in [-0.2, 0) is 9.59 Å². The molecule has 5 heteroatoms. The standard InChI is InChI=1S/C15H21N3O2/c1-10-6-5-9-16-13(10)17-14(19)15(20)18-11(2)7-4-8-12(18)3/h5-6,9,11-12H,4,7-8H2,1-3H3,(H,16,17,19). The summed E-state index contributed by atoms with van der Waals surface area (Å²) in [5.74, 6) is -0.620. The molecule has 2 amide bonds. The van der Waals surface area contributed by atoms with E-state index < -0.39 is 11.8 Å². The predicted molar refractivity (Wildman–Crippen MR) is 77.2 cm³/mol. The molecule has 1 aromatic rings. The van der Waals surface area contributed by atoms with E-state index in [-0.39, 0.29) is 12.1 Å². The molecular formula is C15H21N3O2. The molecule has 1 N–H and O–H groups in total. The second kappa shape index (κ2) is 6.03. The second-order valence-electron chi connectivity index (χ2n) is 5.46. The fourth-order valence-electron chi connectivity index (χ4n) is 2.72. The number of carbonyl (C=O) groups is 2. The molecule has 2 rings (SSSR count). The van der Waals surface area contributed by atoms with E-state index in [9.17, 15) is 9.59 Å². The van der Waals surface area contributed by atoms with Crippen molar-refractivity contribution in [2.45, 2.75) is 52.1 Å². The van der Waals surface area contributed by atoms with E-state index in [1.54, 1.807) is 17.2 Å². The van der Waals surface area contributed by atoms with Gasteiger partial charge in [0, 0.05) is 18.3 Å². The van der Waals surface area contributed by atoms with E-state index in [0.717, 1.165) is 24.8 Å². The van der Waals surface area contributed by atoms with Gasteiger partial charge in [0.05, 0.1) is 0 Å². The lowest BCUT2D eigenvalue weighted by Crippen LogP contribution is -2.51. The lowest BCUT2D eigenvalue weighted by molar-refractivity contribution is -0.147. The molecule has 0 radical (unpaired) electrons. The van der Waals surface area contributed by atoms with Gasteiger partial charge in [-0.2, -0.15) is 0 Å². The van der Waals surface area contributed by atoms with Crippen LogP contribution in [0.2, 0.25) is 0 Å². The van der Waals surface area contributed by atoms with Gasteiger partial charge >= 0.3 is 11.8 Å². The van der Waals surface area contributed by atoms with Crippen LogP contribution in [0.15, 0.2) is 18.3 Å². The number of likely N-dealkylation sites (tertiary alicyclic amines) is 1. The van der Waals surface area contributed by atoms with Gasteiger partial charge in [0.15, 0.2) is 0 Å². The highest BCUT2D eigenvalue weighted by Gasteiger charge is 2.32. The molecule has 0 bridgehead atoms. The van der Waals surface area contributed by atoms with Crippen molar-refractivity contribution in [3.63, 3.8) is 0 Å². The van der Waals surface area contributed by atoms with E-state index in [1.807, 2.05) is 26.8 Å². The third-order valence-electron chi connectivity index (χ3n) is 3.86. The smallest absolute Gasteiger partial charge is 0.315 e. The van der Waals surface area contributed by atoms with E-state index in [1.165, 1.54) is 0 Å². The van der Waals surface area contributed by atoms with Crippen LogP contribution in [0.25, 0.3) is 0 Å². The van der Waals surface area contributed by atoms with Gasteiger partial charge in [-0.25, -0.2) is 4.98 Å². The SMILES string of the molecule is Cc1cccnc1NC(=O)C(=O)N1C(C)CCCC1C. The highest BCUT2D eigenvalue weighted by Crippen LogP contribution is 2.22. The molecule has 0 aromatic carbocycles. The van der Waals surface area contributed by atoms with Crippen LogP contribution < -0.4 is 5.32 Å². The van der Waals surface area contributed by atoms with Gasteiger partial charge < -0.3 is 10.2 Å². The fraction of sp³-hybridized carbons (Fsp3) is 0.533. The lowest BCUT2D eigenvalue weighted by Gasteiger charge is -2.38. The second-order valence-corrected chi connectivity index (χ2v) is 5.46. The maximum atomic E-state index is 12.3. The van der Waals surface area contributed by atoms with Gasteiger partial charge in [-0.15, -0.1) is 0 Å². The van der Waals surface area contributed by atoms with Gasteiger partial charge in [0.25, 0.3) is 0 Å². The number of nitrogens with zero attached hydrogens (tertiary/aromatic N) is 2. The van der Waals surface area contributed by atoms with E-state index in [2.05, 4.69) is 10.3 Å². The number of hydrogen-bond acceptors (Lipinski definition) is 3. The van der Waals surface area contributed by atoms with E-state index >= 15 is 0 Å². The number of anilines is 1. The van der Waals surface area contributed by atoms with Crippen molar-refractivity contribution < 1.29 is 9.59 Å². The Morgan fingerprint density at radius 1 is 1.30 bits per heavy atom. The Kier molecular flexibility index (Phi) is 4.37. The van der Waals surface area contributed by atoms with Crippen molar-refractivity contribution in [2.24, 2.45) is 0 Å². The molecule has 108 valence electrons. The summed E-state index contributed by atoms with van der Waals surface area (Å²) >= 11 is 0. The number of hydrogen-bond donors (Lipinski definition) is 1. The molecule has 1 aromatic heterocycles. The summed E-state index contributed by atoms with van der Waals surface area (Å²) in [7, 11) is 0. The first-order valence-electron chi connectivity index (χ1n) is 7.06. The minimum Gasteiger partial charge on any atom is -0.329 e. The number of pyridine rings is 1. The van der Waals surface area contributed by atoms with Crippen LogP contribution in [0.5, 0.6) is 0 Å². The Hall–Kier alpha value is -1.91. The van der Waals surface area contributed by atoms with Crippen LogP contribution in [0.4, 0.5) is 5.82 Å². The number of carbonyl (C=O) groups excluding carboxylic acids is 2. The Morgan fingerprint density at radius 2 is 1.95 bits per heavy atom. The number of aryl methyl sites for hydroxylation is 1.